The van der Waals surface area contributed by atoms with Gasteiger partial charge < -0.3 is 4.98 Å². The van der Waals surface area contributed by atoms with Gasteiger partial charge in [0.25, 0.3) is 0 Å². The number of hydrogen-bond acceptors (Lipinski definition) is 3. The van der Waals surface area contributed by atoms with Gasteiger partial charge in [0, 0.05) is 48.1 Å². The summed E-state index contributed by atoms with van der Waals surface area (Å²) in [6.07, 6.45) is 7.33. The van der Waals surface area contributed by atoms with Crippen molar-refractivity contribution in [1.82, 2.24) is 19.7 Å². The molecule has 0 atom stereocenters. The maximum absolute atomic E-state index is 13.3. The minimum Gasteiger partial charge on any atom is -0.357 e. The van der Waals surface area contributed by atoms with Crippen LogP contribution in [0.4, 0.5) is 4.39 Å². The van der Waals surface area contributed by atoms with E-state index in [0.29, 0.717) is 10.9 Å². The lowest BCUT2D eigenvalue weighted by Gasteiger charge is -2.31. The summed E-state index contributed by atoms with van der Waals surface area (Å²) in [7, 11) is 0. The van der Waals surface area contributed by atoms with Gasteiger partial charge in [0.05, 0.1) is 0 Å². The second-order valence-electron chi connectivity index (χ2n) is 7.13. The number of halogens is 1. The van der Waals surface area contributed by atoms with E-state index in [-0.39, 0.29) is 11.2 Å². The summed E-state index contributed by atoms with van der Waals surface area (Å²) in [5, 5.41) is 4.67. The Hall–Kier alpha value is -2.47. The van der Waals surface area contributed by atoms with Crippen LogP contribution in [-0.4, -0.2) is 32.8 Å². The number of aryl methyl sites for hydroxylation is 1. The van der Waals surface area contributed by atoms with Crippen molar-refractivity contribution in [2.24, 2.45) is 5.92 Å². The molecular formula is C20H23FN4O. The average Bonchev–Trinajstić information content (AvgIpc) is 3.15. The molecule has 1 aliphatic rings. The van der Waals surface area contributed by atoms with E-state index in [9.17, 15) is 9.18 Å². The lowest BCUT2D eigenvalue weighted by atomic mass is 9.93. The number of likely N-dealkylation sites (tertiary alicyclic amines) is 1. The second-order valence-corrected chi connectivity index (χ2v) is 7.13. The Kier molecular flexibility index (Phi) is 4.84. The van der Waals surface area contributed by atoms with Crippen molar-refractivity contribution in [2.45, 2.75) is 32.4 Å². The van der Waals surface area contributed by atoms with Gasteiger partial charge in [-0.1, -0.05) is 0 Å². The second kappa shape index (κ2) is 7.41. The third-order valence-corrected chi connectivity index (χ3v) is 5.27. The van der Waals surface area contributed by atoms with E-state index in [0.717, 1.165) is 44.2 Å². The Morgan fingerprint density at radius 1 is 1.23 bits per heavy atom. The van der Waals surface area contributed by atoms with E-state index in [1.54, 1.807) is 12.1 Å². The highest BCUT2D eigenvalue weighted by molar-refractivity contribution is 5.78. The zero-order valence-corrected chi connectivity index (χ0v) is 14.7. The predicted molar refractivity (Wildman–Crippen MR) is 99.4 cm³/mol. The molecule has 1 N–H and O–H groups in total. The molecule has 4 rings (SSSR count). The number of fused-ring (bicyclic) bond motifs is 1. The standard InChI is InChI=1S/C20H23FN4O/c21-16-2-3-19-18(12-16)20(26)13-17(23-19)14-24-9-4-15(5-10-24)6-11-25-8-1-7-22-25/h1-3,7-8,12-13,15H,4-6,9-11,14H2,(H,23,26). The zero-order chi connectivity index (χ0) is 17.9. The quantitative estimate of drug-likeness (QED) is 0.766. The van der Waals surface area contributed by atoms with Gasteiger partial charge in [0.2, 0.25) is 0 Å². The molecule has 1 fully saturated rings. The molecule has 0 aliphatic carbocycles. The first kappa shape index (κ1) is 17.0. The van der Waals surface area contributed by atoms with Crippen LogP contribution in [0.3, 0.4) is 0 Å². The SMILES string of the molecule is O=c1cc(CN2CCC(CCn3cccn3)CC2)[nH]c2ccc(F)cc12. The number of H-pyrrole nitrogens is 1. The van der Waals surface area contributed by atoms with Crippen molar-refractivity contribution in [3.05, 3.63) is 64.5 Å². The lowest BCUT2D eigenvalue weighted by molar-refractivity contribution is 0.167. The van der Waals surface area contributed by atoms with Gasteiger partial charge in [-0.05, 0) is 62.5 Å². The fraction of sp³-hybridized carbons (Fsp3) is 0.400. The Bertz CT molecular complexity index is 927. The summed E-state index contributed by atoms with van der Waals surface area (Å²) in [6, 6.07) is 7.88. The third kappa shape index (κ3) is 3.85. The molecule has 136 valence electrons. The first-order valence-electron chi connectivity index (χ1n) is 9.18. The van der Waals surface area contributed by atoms with E-state index in [4.69, 9.17) is 0 Å². The molecule has 6 heteroatoms. The first-order chi connectivity index (χ1) is 12.7. The van der Waals surface area contributed by atoms with Crippen LogP contribution in [0.1, 0.15) is 25.0 Å². The summed E-state index contributed by atoms with van der Waals surface area (Å²) in [5.74, 6) is 0.349. The van der Waals surface area contributed by atoms with Crippen LogP contribution in [0.25, 0.3) is 10.9 Å². The van der Waals surface area contributed by atoms with E-state index in [2.05, 4.69) is 15.0 Å². The number of hydrogen-bond donors (Lipinski definition) is 1. The number of nitrogens with one attached hydrogen (secondary N) is 1. The highest BCUT2D eigenvalue weighted by atomic mass is 19.1. The van der Waals surface area contributed by atoms with Crippen LogP contribution in [0.15, 0.2) is 47.5 Å². The number of aromatic nitrogens is 3. The van der Waals surface area contributed by atoms with Gasteiger partial charge in [-0.3, -0.25) is 14.4 Å². The number of benzene rings is 1. The molecule has 0 radical (unpaired) electrons. The molecule has 0 unspecified atom stereocenters. The molecule has 1 aromatic carbocycles. The molecule has 0 amide bonds. The lowest BCUT2D eigenvalue weighted by Crippen LogP contribution is -2.34. The number of piperidine rings is 1. The summed E-state index contributed by atoms with van der Waals surface area (Å²) in [6.45, 7) is 3.78. The first-order valence-corrected chi connectivity index (χ1v) is 9.18. The van der Waals surface area contributed by atoms with Gasteiger partial charge in [0.15, 0.2) is 5.43 Å². The molecule has 5 nitrogen and oxygen atoms in total. The van der Waals surface area contributed by atoms with Crippen molar-refractivity contribution in [3.63, 3.8) is 0 Å². The Morgan fingerprint density at radius 3 is 2.85 bits per heavy atom. The van der Waals surface area contributed by atoms with E-state index in [1.165, 1.54) is 25.0 Å². The normalized spacial score (nSPS) is 16.3. The Balaban J connectivity index is 1.35. The molecule has 0 saturated carbocycles. The molecule has 0 bridgehead atoms. The van der Waals surface area contributed by atoms with E-state index in [1.807, 2.05) is 23.1 Å². The van der Waals surface area contributed by atoms with Crippen LogP contribution in [0.2, 0.25) is 0 Å². The maximum Gasteiger partial charge on any atom is 0.189 e. The van der Waals surface area contributed by atoms with Crippen LogP contribution in [0.5, 0.6) is 0 Å². The number of rotatable bonds is 5. The van der Waals surface area contributed by atoms with Crippen LogP contribution < -0.4 is 5.43 Å². The van der Waals surface area contributed by atoms with Crippen molar-refractivity contribution < 1.29 is 4.39 Å². The van der Waals surface area contributed by atoms with E-state index < -0.39 is 0 Å². The number of nitrogens with zero attached hydrogens (tertiary/aromatic N) is 3. The molecule has 2 aromatic heterocycles. The highest BCUT2D eigenvalue weighted by Crippen LogP contribution is 2.22. The molecular weight excluding hydrogens is 331 g/mol. The molecule has 3 aromatic rings. The minimum atomic E-state index is -0.382. The molecule has 3 heterocycles. The molecule has 1 aliphatic heterocycles. The van der Waals surface area contributed by atoms with Gasteiger partial charge in [-0.25, -0.2) is 4.39 Å². The Labute approximate surface area is 151 Å². The highest BCUT2D eigenvalue weighted by Gasteiger charge is 2.19. The molecule has 0 spiro atoms. The maximum atomic E-state index is 13.3. The van der Waals surface area contributed by atoms with Gasteiger partial charge in [-0.15, -0.1) is 0 Å². The van der Waals surface area contributed by atoms with Crippen molar-refractivity contribution in [3.8, 4) is 0 Å². The fourth-order valence-electron chi connectivity index (χ4n) is 3.78. The summed E-state index contributed by atoms with van der Waals surface area (Å²) in [4.78, 5) is 17.9. The van der Waals surface area contributed by atoms with E-state index >= 15 is 0 Å². The molecule has 26 heavy (non-hydrogen) atoms. The van der Waals surface area contributed by atoms with Crippen LogP contribution >= 0.6 is 0 Å². The largest absolute Gasteiger partial charge is 0.357 e. The van der Waals surface area contributed by atoms with Gasteiger partial charge in [-0.2, -0.15) is 5.10 Å². The summed E-state index contributed by atoms with van der Waals surface area (Å²) < 4.78 is 15.3. The monoisotopic (exact) mass is 354 g/mol. The zero-order valence-electron chi connectivity index (χ0n) is 14.7. The van der Waals surface area contributed by atoms with Crippen LogP contribution in [-0.2, 0) is 13.1 Å². The fourth-order valence-corrected chi connectivity index (χ4v) is 3.78. The van der Waals surface area contributed by atoms with Gasteiger partial charge in [0.1, 0.15) is 5.82 Å². The topological polar surface area (TPSA) is 53.9 Å². The number of aromatic amines is 1. The number of pyridine rings is 1. The summed E-state index contributed by atoms with van der Waals surface area (Å²) in [5.41, 5.74) is 1.47. The third-order valence-electron chi connectivity index (χ3n) is 5.27. The average molecular weight is 354 g/mol. The summed E-state index contributed by atoms with van der Waals surface area (Å²) >= 11 is 0. The van der Waals surface area contributed by atoms with Crippen molar-refractivity contribution >= 4 is 10.9 Å². The minimum absolute atomic E-state index is 0.123. The van der Waals surface area contributed by atoms with Crippen molar-refractivity contribution in [1.29, 1.82) is 0 Å². The van der Waals surface area contributed by atoms with Gasteiger partial charge >= 0.3 is 0 Å². The predicted octanol–water partition coefficient (Wildman–Crippen LogP) is 3.17. The molecule has 1 saturated heterocycles. The van der Waals surface area contributed by atoms with Crippen LogP contribution in [0, 0.1) is 11.7 Å². The van der Waals surface area contributed by atoms with Crippen molar-refractivity contribution in [2.75, 3.05) is 13.1 Å². The Morgan fingerprint density at radius 2 is 2.08 bits per heavy atom. The smallest absolute Gasteiger partial charge is 0.189 e.